The molecule has 0 bridgehead atoms. The fourth-order valence-corrected chi connectivity index (χ4v) is 12.2. The average Bonchev–Trinajstić information content (AvgIpc) is 3.70. The van der Waals surface area contributed by atoms with Crippen LogP contribution in [0.3, 0.4) is 0 Å². The molecular weight excluding hydrogens is 1090 g/mol. The third kappa shape index (κ3) is 17.9. The molecule has 1 amide bonds. The number of nitrogens with zero attached hydrogens (tertiary/aromatic N) is 4. The molecule has 6 heterocycles. The van der Waals surface area contributed by atoms with E-state index in [1.54, 1.807) is 0 Å². The molecular formula is C68H93ClN8O8. The maximum Gasteiger partial charge on any atom is 0.336 e. The molecule has 0 radical (unpaired) electrons. The Labute approximate surface area is 510 Å². The molecule has 1 aromatic heterocycles. The number of carbonyl (C=O) groups excluding carboxylic acids is 1. The van der Waals surface area contributed by atoms with Crippen molar-refractivity contribution in [3.05, 3.63) is 162 Å². The molecule has 17 heteroatoms. The quantitative estimate of drug-likeness (QED) is 0.0732. The van der Waals surface area contributed by atoms with Crippen molar-refractivity contribution >= 4 is 23.3 Å². The van der Waals surface area contributed by atoms with Gasteiger partial charge in [0.25, 0.3) is 11.5 Å². The van der Waals surface area contributed by atoms with Gasteiger partial charge in [-0.05, 0) is 173 Å². The smallest absolute Gasteiger partial charge is 0.336 e. The Morgan fingerprint density at radius 2 is 1.08 bits per heavy atom. The van der Waals surface area contributed by atoms with Gasteiger partial charge in [-0.3, -0.25) is 19.4 Å². The van der Waals surface area contributed by atoms with E-state index in [0.29, 0.717) is 28.8 Å². The average molecular weight is 1190 g/mol. The lowest BCUT2D eigenvalue weighted by atomic mass is 9.94. The van der Waals surface area contributed by atoms with Crippen LogP contribution in [-0.4, -0.2) is 149 Å². The summed E-state index contributed by atoms with van der Waals surface area (Å²) in [5.74, 6) is -1.06. The maximum atomic E-state index is 13.7. The van der Waals surface area contributed by atoms with Crippen LogP contribution in [0.5, 0.6) is 0 Å². The van der Waals surface area contributed by atoms with Crippen molar-refractivity contribution < 1.29 is 51.8 Å². The Kier molecular flexibility index (Phi) is 25.2. The summed E-state index contributed by atoms with van der Waals surface area (Å²) in [6.07, 6.45) is 6.03. The van der Waals surface area contributed by atoms with Gasteiger partial charge in [0.1, 0.15) is 0 Å². The van der Waals surface area contributed by atoms with E-state index in [4.69, 9.17) is 18.9 Å². The number of hydrogen-bond acceptors (Lipinski definition) is 12. The number of quaternary nitrogens is 1. The van der Waals surface area contributed by atoms with Gasteiger partial charge in [-0.15, -0.1) is 0 Å². The number of H-pyrrole nitrogens is 1. The molecule has 7 N–H and O–H groups in total. The number of benzene rings is 4. The van der Waals surface area contributed by atoms with E-state index < -0.39 is 5.97 Å². The van der Waals surface area contributed by atoms with E-state index >= 15 is 0 Å². The van der Waals surface area contributed by atoms with Crippen LogP contribution in [0.25, 0.3) is 22.3 Å². The zero-order valence-electron chi connectivity index (χ0n) is 51.7. The number of amides is 1. The number of allylic oxidation sites excluding steroid dienone is 3. The molecule has 16 nitrogen and oxygen atoms in total. The number of carbonyl (C=O) groups is 2. The minimum Gasteiger partial charge on any atom is -1.00 e. The number of dihydropyridines is 1. The third-order valence-corrected chi connectivity index (χ3v) is 17.2. The Morgan fingerprint density at radius 1 is 0.635 bits per heavy atom. The fraction of sp³-hybridized carbons (Fsp3) is 0.485. The highest BCUT2D eigenvalue weighted by Crippen LogP contribution is 2.36. The zero-order chi connectivity index (χ0) is 59.7. The van der Waals surface area contributed by atoms with Crippen molar-refractivity contribution in [2.24, 2.45) is 0 Å². The summed E-state index contributed by atoms with van der Waals surface area (Å²) in [5, 5.41) is 16.2. The second-order valence-corrected chi connectivity index (χ2v) is 22.9. The highest BCUT2D eigenvalue weighted by atomic mass is 35.5. The van der Waals surface area contributed by atoms with E-state index in [9.17, 15) is 19.5 Å². The zero-order valence-corrected chi connectivity index (χ0v) is 52.4. The van der Waals surface area contributed by atoms with Crippen molar-refractivity contribution in [1.82, 2.24) is 25.4 Å². The molecule has 10 rings (SSSR count). The molecule has 0 aliphatic carbocycles. The number of rotatable bonds is 17. The molecule has 5 aliphatic rings. The Morgan fingerprint density at radius 3 is 1.51 bits per heavy atom. The molecule has 4 saturated heterocycles. The highest BCUT2D eigenvalue weighted by molar-refractivity contribution is 5.99. The van der Waals surface area contributed by atoms with Crippen LogP contribution < -0.4 is 44.1 Å². The molecule has 0 unspecified atom stereocenters. The maximum absolute atomic E-state index is 13.7. The molecule has 4 fully saturated rings. The summed E-state index contributed by atoms with van der Waals surface area (Å²) in [7, 11) is 0. The molecule has 0 atom stereocenters. The number of hydrogen-bond donors (Lipinski definition) is 5. The summed E-state index contributed by atoms with van der Waals surface area (Å²) < 4.78 is 22.1. The molecule has 85 heavy (non-hydrogen) atoms. The van der Waals surface area contributed by atoms with Crippen molar-refractivity contribution in [3.63, 3.8) is 0 Å². The van der Waals surface area contributed by atoms with Crippen LogP contribution in [-0.2, 0) is 38.6 Å². The van der Waals surface area contributed by atoms with Crippen LogP contribution in [0, 0.1) is 27.7 Å². The van der Waals surface area contributed by atoms with Crippen LogP contribution in [0.4, 0.5) is 11.4 Å². The van der Waals surface area contributed by atoms with Gasteiger partial charge >= 0.3 is 5.97 Å². The number of aromatic carboxylic acids is 1. The minimum atomic E-state index is -0.877. The fourth-order valence-electron chi connectivity index (χ4n) is 12.2. The van der Waals surface area contributed by atoms with Gasteiger partial charge in [-0.25, -0.2) is 4.79 Å². The Bertz CT molecular complexity index is 3120. The first kappa shape index (κ1) is 66.2. The second-order valence-electron chi connectivity index (χ2n) is 22.9. The topological polar surface area (TPSA) is 189 Å². The number of carboxylic acids is 1. The first-order valence-corrected chi connectivity index (χ1v) is 30.5. The van der Waals surface area contributed by atoms with Gasteiger partial charge in [0.05, 0.1) is 38.5 Å². The normalized spacial score (nSPS) is 17.0. The van der Waals surface area contributed by atoms with Gasteiger partial charge in [0.2, 0.25) is 0 Å². The number of aryl methyl sites for hydroxylation is 2. The predicted molar refractivity (Wildman–Crippen MR) is 336 cm³/mol. The summed E-state index contributed by atoms with van der Waals surface area (Å²) in [6, 6.07) is 28.1. The van der Waals surface area contributed by atoms with Crippen molar-refractivity contribution in [2.75, 3.05) is 115 Å². The molecule has 5 aliphatic heterocycles. The molecule has 0 spiro atoms. The molecule has 460 valence electrons. The Hall–Kier alpha value is -6.34. The largest absolute Gasteiger partial charge is 1.00 e. The first-order chi connectivity index (χ1) is 40.6. The van der Waals surface area contributed by atoms with Crippen molar-refractivity contribution in [1.29, 1.82) is 0 Å². The number of nitrogens with one attached hydrogen (secondary N) is 3. The van der Waals surface area contributed by atoms with Crippen LogP contribution in [0.15, 0.2) is 107 Å². The first-order valence-electron chi connectivity index (χ1n) is 30.5. The number of morpholine rings is 2. The number of aromatic amines is 1. The van der Waals surface area contributed by atoms with Gasteiger partial charge in [0, 0.05) is 143 Å². The van der Waals surface area contributed by atoms with Crippen molar-refractivity contribution in [2.45, 2.75) is 113 Å². The number of halogens is 1. The molecule has 0 saturated carbocycles. The number of aromatic nitrogens is 1. The van der Waals surface area contributed by atoms with Crippen molar-refractivity contribution in [3.8, 4) is 22.3 Å². The van der Waals surface area contributed by atoms with E-state index in [2.05, 4.69) is 135 Å². The summed E-state index contributed by atoms with van der Waals surface area (Å²) in [5.41, 5.74) is 21.5. The molecule has 5 aromatic rings. The lowest BCUT2D eigenvalue weighted by Crippen LogP contribution is -3.00. The predicted octanol–water partition coefficient (Wildman–Crippen LogP) is 5.99. The van der Waals surface area contributed by atoms with Gasteiger partial charge in [0.15, 0.2) is 0 Å². The number of carboxylic acid groups (broad SMARTS) is 1. The monoisotopic (exact) mass is 1180 g/mol. The van der Waals surface area contributed by atoms with Crippen LogP contribution in [0.2, 0.25) is 0 Å². The summed E-state index contributed by atoms with van der Waals surface area (Å²) in [6.45, 7) is 31.9. The van der Waals surface area contributed by atoms with Gasteiger partial charge < -0.3 is 67.6 Å². The van der Waals surface area contributed by atoms with E-state index in [0.717, 1.165) is 200 Å². The van der Waals surface area contributed by atoms with E-state index in [1.807, 2.05) is 45.9 Å². The number of anilines is 2. The summed E-state index contributed by atoms with van der Waals surface area (Å²) in [4.78, 5) is 50.9. The van der Waals surface area contributed by atoms with Crippen LogP contribution in [0.1, 0.15) is 113 Å². The molecule has 4 aromatic carbocycles. The lowest BCUT2D eigenvalue weighted by Gasteiger charge is -2.37. The number of pyridine rings is 1. The minimum absolute atomic E-state index is 0. The van der Waals surface area contributed by atoms with Crippen LogP contribution >= 0.6 is 0 Å². The Balaban J connectivity index is 0.000000212. The second kappa shape index (κ2) is 32.4. The summed E-state index contributed by atoms with van der Waals surface area (Å²) >= 11 is 0. The van der Waals surface area contributed by atoms with E-state index in [-0.39, 0.29) is 30.4 Å². The number of ether oxygens (including phenoxy) is 4. The SMILES string of the molecule is CC1=CC(C)=C(C[NH3+])CN1.CCN(c1cc(-c2ccc(CN3CCOCC3)cc2)cc(C(=O)NCc2c(C)cc(C)[nH]c2=O)c1C)C1CCOCC1.CCN(c1cc(-c2ccc(CN3CCOCC3)cc2)cc(C(=O)O)c1C)C1CCOCC1.[Cl-]. The highest BCUT2D eigenvalue weighted by Gasteiger charge is 2.27. The third-order valence-electron chi connectivity index (χ3n) is 17.2. The van der Waals surface area contributed by atoms with Gasteiger partial charge in [-0.1, -0.05) is 48.5 Å². The lowest BCUT2D eigenvalue weighted by molar-refractivity contribution is -0.356. The van der Waals surface area contributed by atoms with Gasteiger partial charge in [-0.2, -0.15) is 0 Å². The standard InChI is InChI=1S/C34H44N4O4.C26H34N2O4.C8H14N2.ClH/c1-5-38(29-10-14-41-15-11-29)32-20-28(27-8-6-26(7-9-27)22-37-12-16-42-17-13-37)19-30(25(32)4)33(39)35-21-31-23(2)18-24(3)36-34(31)40;1-3-28(23-8-12-31-13-9-23)25-17-22(16-24(19(25)2)26(29)30)21-6-4-20(5-7-21)18-27-10-14-32-15-11-27;1-6-3-7(2)10-5-8(6)4-9;/h6-9,18-20,29H,5,10-17,21-22H2,1-4H3,(H,35,39)(H,36,40);4-7,16-17,23H,3,8-15,18H2,1-2H3,(H,29,30);3,10H,4-5,9H2,1-2H3;1H. The van der Waals surface area contributed by atoms with E-state index in [1.165, 1.54) is 28.0 Å².